The molecule has 0 radical (unpaired) electrons. The van der Waals surface area contributed by atoms with Gasteiger partial charge in [0.25, 0.3) is 0 Å². The number of amides is 1. The minimum Gasteiger partial charge on any atom is -0.493 e. The van der Waals surface area contributed by atoms with E-state index in [1.54, 1.807) is 33.5 Å². The highest BCUT2D eigenvalue weighted by atomic mass is 16.5. The number of carbonyl (C=O) groups is 1. The molecule has 0 aliphatic rings. The summed E-state index contributed by atoms with van der Waals surface area (Å²) in [5.41, 5.74) is 3.43. The molecule has 0 atom stereocenters. The number of carbonyl (C=O) groups excluding carboxylic acids is 1. The Hall–Kier alpha value is -3.67. The highest BCUT2D eigenvalue weighted by Crippen LogP contribution is 2.38. The van der Waals surface area contributed by atoms with Crippen LogP contribution in [-0.2, 0) is 11.2 Å². The normalized spacial score (nSPS) is 10.3. The summed E-state index contributed by atoms with van der Waals surface area (Å²) in [5.74, 6) is 1.39. The molecule has 3 aromatic carbocycles. The van der Waals surface area contributed by atoms with Crippen LogP contribution in [0.3, 0.4) is 0 Å². The first-order chi connectivity index (χ1) is 14.6. The zero-order chi connectivity index (χ0) is 21.5. The third-order valence-corrected chi connectivity index (χ3v) is 4.77. The first-order valence-corrected chi connectivity index (χ1v) is 9.54. The average Bonchev–Trinajstić information content (AvgIpc) is 2.78. The van der Waals surface area contributed by atoms with Crippen molar-refractivity contribution in [3.05, 3.63) is 72.3 Å². The number of ether oxygens (including phenoxy) is 3. The fourth-order valence-corrected chi connectivity index (χ4v) is 3.28. The van der Waals surface area contributed by atoms with E-state index in [0.717, 1.165) is 22.6 Å². The average molecular weight is 406 g/mol. The van der Waals surface area contributed by atoms with Crippen molar-refractivity contribution in [2.75, 3.05) is 38.6 Å². The molecule has 0 aliphatic heterocycles. The Balaban J connectivity index is 1.81. The fourth-order valence-electron chi connectivity index (χ4n) is 3.28. The van der Waals surface area contributed by atoms with Gasteiger partial charge in [-0.3, -0.25) is 4.79 Å². The Bertz CT molecular complexity index is 980. The highest BCUT2D eigenvalue weighted by molar-refractivity contribution is 5.96. The minimum absolute atomic E-state index is 0.141. The summed E-state index contributed by atoms with van der Waals surface area (Å²) in [4.78, 5) is 14.8. The SMILES string of the molecule is COc1cc(CC(=O)Nc2ccccc2N(C)c2ccccc2)cc(OC)c1OC. The van der Waals surface area contributed by atoms with Crippen LogP contribution in [0.25, 0.3) is 0 Å². The van der Waals surface area contributed by atoms with Gasteiger partial charge in [-0.15, -0.1) is 0 Å². The molecular formula is C24H26N2O4. The van der Waals surface area contributed by atoms with Gasteiger partial charge in [-0.25, -0.2) is 0 Å². The summed E-state index contributed by atoms with van der Waals surface area (Å²) in [6.07, 6.45) is 0.167. The molecule has 6 nitrogen and oxygen atoms in total. The molecule has 0 spiro atoms. The van der Waals surface area contributed by atoms with Gasteiger partial charge in [0.1, 0.15) is 0 Å². The third-order valence-electron chi connectivity index (χ3n) is 4.77. The van der Waals surface area contributed by atoms with Gasteiger partial charge in [0.05, 0.1) is 39.1 Å². The molecule has 3 rings (SSSR count). The van der Waals surface area contributed by atoms with Gasteiger partial charge in [0, 0.05) is 12.7 Å². The number of benzene rings is 3. The number of nitrogens with zero attached hydrogens (tertiary/aromatic N) is 1. The van der Waals surface area contributed by atoms with Crippen LogP contribution in [-0.4, -0.2) is 34.3 Å². The number of para-hydroxylation sites is 3. The van der Waals surface area contributed by atoms with Crippen LogP contribution in [0.5, 0.6) is 17.2 Å². The van der Waals surface area contributed by atoms with Crippen molar-refractivity contribution in [1.82, 2.24) is 0 Å². The standard InChI is InChI=1S/C24H26N2O4/c1-26(18-10-6-5-7-11-18)20-13-9-8-12-19(20)25-23(27)16-17-14-21(28-2)24(30-4)22(15-17)29-3/h5-15H,16H2,1-4H3,(H,25,27). The largest absolute Gasteiger partial charge is 0.493 e. The second-order valence-electron chi connectivity index (χ2n) is 6.67. The molecule has 0 heterocycles. The van der Waals surface area contributed by atoms with E-state index in [1.165, 1.54) is 0 Å². The lowest BCUT2D eigenvalue weighted by atomic mass is 10.1. The van der Waals surface area contributed by atoms with Crippen molar-refractivity contribution in [1.29, 1.82) is 0 Å². The molecule has 0 saturated carbocycles. The van der Waals surface area contributed by atoms with E-state index in [0.29, 0.717) is 17.2 Å². The molecule has 1 N–H and O–H groups in total. The van der Waals surface area contributed by atoms with Gasteiger partial charge < -0.3 is 24.4 Å². The third kappa shape index (κ3) is 4.66. The summed E-state index contributed by atoms with van der Waals surface area (Å²) in [6.45, 7) is 0. The molecule has 1 amide bonds. The zero-order valence-electron chi connectivity index (χ0n) is 17.6. The van der Waals surface area contributed by atoms with Gasteiger partial charge in [0.15, 0.2) is 11.5 Å². The molecule has 0 fully saturated rings. The molecule has 0 saturated heterocycles. The number of rotatable bonds is 8. The maximum atomic E-state index is 12.8. The number of hydrogen-bond acceptors (Lipinski definition) is 5. The molecule has 0 aliphatic carbocycles. The molecule has 156 valence electrons. The van der Waals surface area contributed by atoms with E-state index in [4.69, 9.17) is 14.2 Å². The van der Waals surface area contributed by atoms with Crippen molar-refractivity contribution < 1.29 is 19.0 Å². The second-order valence-corrected chi connectivity index (χ2v) is 6.67. The van der Waals surface area contributed by atoms with Crippen molar-refractivity contribution >= 4 is 23.0 Å². The first kappa shape index (κ1) is 21.0. The number of nitrogens with one attached hydrogen (secondary N) is 1. The van der Waals surface area contributed by atoms with Gasteiger partial charge in [-0.2, -0.15) is 0 Å². The van der Waals surface area contributed by atoms with Crippen LogP contribution in [0.15, 0.2) is 66.7 Å². The lowest BCUT2D eigenvalue weighted by molar-refractivity contribution is -0.115. The molecular weight excluding hydrogens is 380 g/mol. The summed E-state index contributed by atoms with van der Waals surface area (Å²) in [7, 11) is 6.63. The van der Waals surface area contributed by atoms with Gasteiger partial charge in [-0.05, 0) is 42.0 Å². The lowest BCUT2D eigenvalue weighted by Gasteiger charge is -2.23. The van der Waals surface area contributed by atoms with E-state index in [1.807, 2.05) is 66.5 Å². The van der Waals surface area contributed by atoms with Crippen LogP contribution in [0.2, 0.25) is 0 Å². The molecule has 30 heavy (non-hydrogen) atoms. The Kier molecular flexibility index (Phi) is 6.80. The zero-order valence-corrected chi connectivity index (χ0v) is 17.6. The van der Waals surface area contributed by atoms with Gasteiger partial charge in [-0.1, -0.05) is 30.3 Å². The highest BCUT2D eigenvalue weighted by Gasteiger charge is 2.16. The molecule has 0 unspecified atom stereocenters. The number of anilines is 3. The monoisotopic (exact) mass is 406 g/mol. The van der Waals surface area contributed by atoms with Crippen LogP contribution >= 0.6 is 0 Å². The Morgan fingerprint density at radius 3 is 2.07 bits per heavy atom. The van der Waals surface area contributed by atoms with E-state index in [9.17, 15) is 4.79 Å². The number of methoxy groups -OCH3 is 3. The summed E-state index contributed by atoms with van der Waals surface area (Å²) in [6, 6.07) is 21.3. The van der Waals surface area contributed by atoms with E-state index < -0.39 is 0 Å². The van der Waals surface area contributed by atoms with E-state index in [2.05, 4.69) is 5.32 Å². The molecule has 3 aromatic rings. The van der Waals surface area contributed by atoms with Crippen LogP contribution < -0.4 is 24.4 Å². The second kappa shape index (κ2) is 9.69. The Morgan fingerprint density at radius 2 is 1.47 bits per heavy atom. The lowest BCUT2D eigenvalue weighted by Crippen LogP contribution is -2.18. The van der Waals surface area contributed by atoms with Crippen molar-refractivity contribution in [3.8, 4) is 17.2 Å². The maximum Gasteiger partial charge on any atom is 0.228 e. The predicted molar refractivity (Wildman–Crippen MR) is 119 cm³/mol. The topological polar surface area (TPSA) is 60.0 Å². The quantitative estimate of drug-likeness (QED) is 0.590. The van der Waals surface area contributed by atoms with Crippen molar-refractivity contribution in [3.63, 3.8) is 0 Å². The minimum atomic E-state index is -0.141. The maximum absolute atomic E-state index is 12.8. The van der Waals surface area contributed by atoms with Crippen molar-refractivity contribution in [2.24, 2.45) is 0 Å². The number of hydrogen-bond donors (Lipinski definition) is 1. The first-order valence-electron chi connectivity index (χ1n) is 9.54. The summed E-state index contributed by atoms with van der Waals surface area (Å²) < 4.78 is 16.1. The predicted octanol–water partition coefficient (Wildman–Crippen LogP) is 4.66. The van der Waals surface area contributed by atoms with E-state index >= 15 is 0 Å². The van der Waals surface area contributed by atoms with Crippen molar-refractivity contribution in [2.45, 2.75) is 6.42 Å². The molecule has 0 bridgehead atoms. The van der Waals surface area contributed by atoms with Crippen LogP contribution in [0.1, 0.15) is 5.56 Å². The van der Waals surface area contributed by atoms with Crippen LogP contribution in [0.4, 0.5) is 17.1 Å². The Morgan fingerprint density at radius 1 is 0.867 bits per heavy atom. The van der Waals surface area contributed by atoms with E-state index in [-0.39, 0.29) is 12.3 Å². The smallest absolute Gasteiger partial charge is 0.228 e. The summed E-state index contributed by atoms with van der Waals surface area (Å²) in [5, 5.41) is 3.02. The summed E-state index contributed by atoms with van der Waals surface area (Å²) >= 11 is 0. The van der Waals surface area contributed by atoms with Crippen LogP contribution in [0, 0.1) is 0 Å². The van der Waals surface area contributed by atoms with Gasteiger partial charge in [0.2, 0.25) is 11.7 Å². The van der Waals surface area contributed by atoms with Gasteiger partial charge >= 0.3 is 0 Å². The fraction of sp³-hybridized carbons (Fsp3) is 0.208. The molecule has 0 aromatic heterocycles. The Labute approximate surface area is 177 Å². The molecule has 6 heteroatoms.